The molecule has 0 bridgehead atoms. The maximum atomic E-state index is 10.4. The van der Waals surface area contributed by atoms with Crippen molar-refractivity contribution in [3.05, 3.63) is 23.3 Å². The first-order valence-corrected chi connectivity index (χ1v) is 10.1. The molecule has 4 N–H and O–H groups in total. The molecule has 27 heavy (non-hydrogen) atoms. The molecular formula is C22H40N2O3. The summed E-state index contributed by atoms with van der Waals surface area (Å²) in [5, 5.41) is 10.1. The van der Waals surface area contributed by atoms with Gasteiger partial charge in [-0.1, -0.05) is 65.9 Å². The number of hydrogen-bond acceptors (Lipinski definition) is 5. The largest absolute Gasteiger partial charge is 0.505 e. The van der Waals surface area contributed by atoms with Gasteiger partial charge in [-0.05, 0) is 29.9 Å². The molecular weight excluding hydrogens is 340 g/mol. The number of rotatable bonds is 11. The summed E-state index contributed by atoms with van der Waals surface area (Å²) in [6, 6.07) is 3.70. The fraction of sp³-hybridized carbons (Fsp3) is 0.682. The van der Waals surface area contributed by atoms with E-state index in [0.717, 1.165) is 24.0 Å². The first-order chi connectivity index (χ1) is 12.8. The predicted octanol–water partition coefficient (Wildman–Crippen LogP) is 5.10. The number of aryl methyl sites for hydroxylation is 1. The van der Waals surface area contributed by atoms with Gasteiger partial charge in [0.1, 0.15) is 12.0 Å². The number of nitrogens with one attached hydrogen (secondary N) is 1. The zero-order valence-corrected chi connectivity index (χ0v) is 17.9. The van der Waals surface area contributed by atoms with Gasteiger partial charge >= 0.3 is 0 Å². The molecule has 0 aliphatic heterocycles. The van der Waals surface area contributed by atoms with Gasteiger partial charge in [0.2, 0.25) is 0 Å². The smallest absolute Gasteiger partial charge is 0.143 e. The van der Waals surface area contributed by atoms with Gasteiger partial charge in [-0.3, -0.25) is 5.84 Å². The molecule has 1 aromatic carbocycles. The van der Waals surface area contributed by atoms with Crippen LogP contribution in [0.4, 0.5) is 5.69 Å². The molecule has 5 heteroatoms. The Morgan fingerprint density at radius 3 is 2.30 bits per heavy atom. The van der Waals surface area contributed by atoms with E-state index in [4.69, 9.17) is 10.6 Å². The van der Waals surface area contributed by atoms with Gasteiger partial charge in [0.25, 0.3) is 0 Å². The first-order valence-electron chi connectivity index (χ1n) is 10.1. The molecule has 5 nitrogen and oxygen atoms in total. The minimum absolute atomic E-state index is 0.174. The molecule has 0 atom stereocenters. The standard InChI is InChI=1S/C13H20N2O2.C9H20O/c1-13(2,3)10-7-9(5-4-6-16)8-11(15-14)12(10)17;1-3-4-5-6-7-8-9-10-2/h6-8,15,17H,4-5,14H2,1-3H3;3-9H2,1-2H3. The number of hydrazine groups is 1. The zero-order chi connectivity index (χ0) is 20.7. The van der Waals surface area contributed by atoms with Crippen molar-refractivity contribution in [1.82, 2.24) is 0 Å². The number of hydrogen-bond donors (Lipinski definition) is 3. The average molecular weight is 381 g/mol. The summed E-state index contributed by atoms with van der Waals surface area (Å²) in [6.45, 7) is 9.24. The quantitative estimate of drug-likeness (QED) is 0.163. The average Bonchev–Trinajstić information content (AvgIpc) is 2.63. The highest BCUT2D eigenvalue weighted by atomic mass is 16.5. The lowest BCUT2D eigenvalue weighted by molar-refractivity contribution is -0.107. The molecule has 0 fully saturated rings. The molecule has 0 saturated carbocycles. The van der Waals surface area contributed by atoms with Crippen molar-refractivity contribution in [3.63, 3.8) is 0 Å². The molecule has 0 heterocycles. The van der Waals surface area contributed by atoms with Crippen LogP contribution >= 0.6 is 0 Å². The number of unbranched alkanes of at least 4 members (excludes halogenated alkanes) is 5. The highest BCUT2D eigenvalue weighted by Crippen LogP contribution is 2.37. The summed E-state index contributed by atoms with van der Waals surface area (Å²) in [6.07, 6.45) is 10.1. The Balaban J connectivity index is 0.000000580. The maximum absolute atomic E-state index is 10.4. The Kier molecular flexibility index (Phi) is 13.6. The number of aldehydes is 1. The second kappa shape index (κ2) is 14.5. The third-order valence-electron chi connectivity index (χ3n) is 4.39. The molecule has 0 radical (unpaired) electrons. The summed E-state index contributed by atoms with van der Waals surface area (Å²) in [5.41, 5.74) is 4.63. The normalized spacial score (nSPS) is 10.9. The number of methoxy groups -OCH3 is 1. The van der Waals surface area contributed by atoms with Crippen LogP contribution in [0.25, 0.3) is 0 Å². The van der Waals surface area contributed by atoms with Gasteiger partial charge in [0.15, 0.2) is 0 Å². The molecule has 0 spiro atoms. The van der Waals surface area contributed by atoms with E-state index in [1.54, 1.807) is 13.2 Å². The Hall–Kier alpha value is -1.59. The van der Waals surface area contributed by atoms with E-state index in [1.807, 2.05) is 26.8 Å². The van der Waals surface area contributed by atoms with Crippen LogP contribution in [-0.4, -0.2) is 25.1 Å². The number of nitrogen functional groups attached to an aromatic ring is 1. The van der Waals surface area contributed by atoms with Crippen molar-refractivity contribution >= 4 is 12.0 Å². The number of anilines is 1. The fourth-order valence-corrected chi connectivity index (χ4v) is 2.77. The van der Waals surface area contributed by atoms with Gasteiger partial charge in [-0.15, -0.1) is 0 Å². The van der Waals surface area contributed by atoms with Crippen molar-refractivity contribution in [1.29, 1.82) is 0 Å². The molecule has 0 aliphatic rings. The number of carbonyl (C=O) groups excluding carboxylic acids is 1. The van der Waals surface area contributed by atoms with E-state index in [1.165, 1.54) is 38.5 Å². The molecule has 0 saturated heterocycles. The monoisotopic (exact) mass is 380 g/mol. The first kappa shape index (κ1) is 25.4. The number of ether oxygens (including phenoxy) is 1. The number of phenolic OH excluding ortho intramolecular Hbond substituents is 1. The molecule has 0 unspecified atom stereocenters. The van der Waals surface area contributed by atoms with Gasteiger partial charge in [-0.2, -0.15) is 0 Å². The Morgan fingerprint density at radius 1 is 1.15 bits per heavy atom. The summed E-state index contributed by atoms with van der Waals surface area (Å²) in [7, 11) is 1.77. The molecule has 0 aliphatic carbocycles. The lowest BCUT2D eigenvalue weighted by Gasteiger charge is -2.23. The topological polar surface area (TPSA) is 84.6 Å². The molecule has 156 valence electrons. The number of aromatic hydroxyl groups is 1. The van der Waals surface area contributed by atoms with Gasteiger partial charge < -0.3 is 20.1 Å². The Bertz CT molecular complexity index is 517. The second-order valence-corrected chi connectivity index (χ2v) is 7.90. The van der Waals surface area contributed by atoms with Crippen LogP contribution in [0.2, 0.25) is 0 Å². The predicted molar refractivity (Wildman–Crippen MR) is 114 cm³/mol. The Morgan fingerprint density at radius 2 is 1.78 bits per heavy atom. The van der Waals surface area contributed by atoms with Crippen LogP contribution in [-0.2, 0) is 21.4 Å². The van der Waals surface area contributed by atoms with Crippen LogP contribution in [0.5, 0.6) is 5.75 Å². The SMILES string of the molecule is CC(C)(C)c1cc(CCC=O)cc(NN)c1O.CCCCCCCCOC. The zero-order valence-electron chi connectivity index (χ0n) is 17.9. The number of carbonyl (C=O) groups is 1. The van der Waals surface area contributed by atoms with Gasteiger partial charge in [0, 0.05) is 25.7 Å². The van der Waals surface area contributed by atoms with Crippen LogP contribution < -0.4 is 11.3 Å². The van der Waals surface area contributed by atoms with E-state index < -0.39 is 0 Å². The summed E-state index contributed by atoms with van der Waals surface area (Å²) >= 11 is 0. The number of phenols is 1. The van der Waals surface area contributed by atoms with Crippen molar-refractivity contribution in [2.75, 3.05) is 19.1 Å². The van der Waals surface area contributed by atoms with Gasteiger partial charge in [-0.25, -0.2) is 0 Å². The van der Waals surface area contributed by atoms with E-state index in [2.05, 4.69) is 12.3 Å². The molecule has 1 rings (SSSR count). The summed E-state index contributed by atoms with van der Waals surface area (Å²) in [5.74, 6) is 5.56. The van der Waals surface area contributed by atoms with E-state index in [-0.39, 0.29) is 11.2 Å². The Labute approximate surface area is 165 Å². The highest BCUT2D eigenvalue weighted by molar-refractivity contribution is 5.62. The second-order valence-electron chi connectivity index (χ2n) is 7.90. The van der Waals surface area contributed by atoms with Crippen LogP contribution in [0.15, 0.2) is 12.1 Å². The molecule has 0 aromatic heterocycles. The minimum Gasteiger partial charge on any atom is -0.505 e. The number of nitrogens with two attached hydrogens (primary N) is 1. The van der Waals surface area contributed by atoms with Crippen molar-refractivity contribution < 1.29 is 14.6 Å². The van der Waals surface area contributed by atoms with Crippen LogP contribution in [0, 0.1) is 0 Å². The van der Waals surface area contributed by atoms with E-state index >= 15 is 0 Å². The fourth-order valence-electron chi connectivity index (χ4n) is 2.77. The maximum Gasteiger partial charge on any atom is 0.143 e. The van der Waals surface area contributed by atoms with Crippen molar-refractivity contribution in [2.24, 2.45) is 5.84 Å². The third kappa shape index (κ3) is 11.0. The lowest BCUT2D eigenvalue weighted by atomic mass is 9.84. The van der Waals surface area contributed by atoms with E-state index in [9.17, 15) is 9.90 Å². The van der Waals surface area contributed by atoms with Crippen molar-refractivity contribution in [2.45, 2.75) is 84.5 Å². The minimum atomic E-state index is -0.174. The third-order valence-corrected chi connectivity index (χ3v) is 4.39. The van der Waals surface area contributed by atoms with Crippen LogP contribution in [0.3, 0.4) is 0 Å². The molecule has 1 aromatic rings. The van der Waals surface area contributed by atoms with Crippen molar-refractivity contribution in [3.8, 4) is 5.75 Å². The highest BCUT2D eigenvalue weighted by Gasteiger charge is 2.21. The lowest BCUT2D eigenvalue weighted by Crippen LogP contribution is -2.15. The van der Waals surface area contributed by atoms with Crippen LogP contribution in [0.1, 0.15) is 83.8 Å². The van der Waals surface area contributed by atoms with Gasteiger partial charge in [0.05, 0.1) is 5.69 Å². The van der Waals surface area contributed by atoms with E-state index in [0.29, 0.717) is 18.5 Å². The molecule has 0 amide bonds. The summed E-state index contributed by atoms with van der Waals surface area (Å²) in [4.78, 5) is 10.4. The summed E-state index contributed by atoms with van der Waals surface area (Å²) < 4.78 is 4.95. The number of benzene rings is 1.